The van der Waals surface area contributed by atoms with Crippen molar-refractivity contribution in [3.63, 3.8) is 0 Å². The number of fused-ring (bicyclic) bond motifs is 1. The van der Waals surface area contributed by atoms with Crippen molar-refractivity contribution < 1.29 is 4.21 Å². The van der Waals surface area contributed by atoms with E-state index in [9.17, 15) is 4.21 Å². The Morgan fingerprint density at radius 2 is 2.25 bits per heavy atom. The summed E-state index contributed by atoms with van der Waals surface area (Å²) in [6.07, 6.45) is 0. The van der Waals surface area contributed by atoms with Gasteiger partial charge >= 0.3 is 0 Å². The van der Waals surface area contributed by atoms with Gasteiger partial charge < -0.3 is 5.32 Å². The first-order valence-electron chi connectivity index (χ1n) is 5.40. The average molecular weight is 251 g/mol. The molecule has 2 unspecified atom stereocenters. The van der Waals surface area contributed by atoms with Gasteiger partial charge in [0.25, 0.3) is 0 Å². The van der Waals surface area contributed by atoms with Gasteiger partial charge in [0.15, 0.2) is 0 Å². The highest BCUT2D eigenvalue weighted by Gasteiger charge is 2.20. The normalized spacial score (nSPS) is 26.0. The highest BCUT2D eigenvalue weighted by Crippen LogP contribution is 2.30. The minimum Gasteiger partial charge on any atom is -0.308 e. The number of thiophene rings is 1. The molecule has 16 heavy (non-hydrogen) atoms. The molecule has 2 heterocycles. The fraction of sp³-hybridized carbons (Fsp3) is 0.333. The number of hydrogen-bond donors (Lipinski definition) is 1. The minimum atomic E-state index is -0.648. The molecule has 0 bridgehead atoms. The van der Waals surface area contributed by atoms with E-state index in [1.165, 1.54) is 15.0 Å². The summed E-state index contributed by atoms with van der Waals surface area (Å²) in [5, 5.41) is 4.74. The first-order chi connectivity index (χ1) is 7.83. The van der Waals surface area contributed by atoms with Crippen molar-refractivity contribution in [1.29, 1.82) is 0 Å². The Balaban J connectivity index is 1.96. The SMILES string of the molecule is O=S1CCNC(c2cc3ccccc3s2)C1. The standard InChI is InChI=1S/C12H13NOS2/c14-16-6-5-13-10(8-16)12-7-9-3-1-2-4-11(9)15-12/h1-4,7,10,13H,5-6,8H2. The third-order valence-electron chi connectivity index (χ3n) is 2.86. The maximum absolute atomic E-state index is 11.5. The molecule has 2 nitrogen and oxygen atoms in total. The lowest BCUT2D eigenvalue weighted by Gasteiger charge is -2.21. The monoisotopic (exact) mass is 251 g/mol. The quantitative estimate of drug-likeness (QED) is 0.842. The Morgan fingerprint density at radius 1 is 1.38 bits per heavy atom. The molecular formula is C12H13NOS2. The average Bonchev–Trinajstić information content (AvgIpc) is 2.72. The fourth-order valence-electron chi connectivity index (χ4n) is 2.03. The van der Waals surface area contributed by atoms with Gasteiger partial charge in [0.1, 0.15) is 0 Å². The van der Waals surface area contributed by atoms with Crippen LogP contribution in [0.1, 0.15) is 10.9 Å². The summed E-state index contributed by atoms with van der Waals surface area (Å²) in [6.45, 7) is 0.867. The molecule has 1 saturated heterocycles. The number of benzene rings is 1. The van der Waals surface area contributed by atoms with E-state index in [0.717, 1.165) is 18.1 Å². The molecule has 1 aliphatic heterocycles. The van der Waals surface area contributed by atoms with Crippen LogP contribution < -0.4 is 5.32 Å². The van der Waals surface area contributed by atoms with Gasteiger partial charge in [-0.15, -0.1) is 11.3 Å². The van der Waals surface area contributed by atoms with Gasteiger partial charge in [-0.25, -0.2) is 0 Å². The predicted octanol–water partition coefficient (Wildman–Crippen LogP) is 2.29. The Labute approximate surface area is 101 Å². The van der Waals surface area contributed by atoms with E-state index in [1.54, 1.807) is 0 Å². The van der Waals surface area contributed by atoms with Crippen LogP contribution in [0.5, 0.6) is 0 Å². The van der Waals surface area contributed by atoms with Gasteiger partial charge in [-0.05, 0) is 17.5 Å². The maximum Gasteiger partial charge on any atom is 0.0532 e. The second-order valence-electron chi connectivity index (χ2n) is 4.00. The van der Waals surface area contributed by atoms with Gasteiger partial charge in [-0.1, -0.05) is 18.2 Å². The predicted molar refractivity (Wildman–Crippen MR) is 70.4 cm³/mol. The van der Waals surface area contributed by atoms with Crippen molar-refractivity contribution in [2.24, 2.45) is 0 Å². The highest BCUT2D eigenvalue weighted by atomic mass is 32.2. The lowest BCUT2D eigenvalue weighted by molar-refractivity contribution is 0.579. The molecule has 0 spiro atoms. The van der Waals surface area contributed by atoms with Crippen LogP contribution in [0.4, 0.5) is 0 Å². The van der Waals surface area contributed by atoms with Gasteiger partial charge in [0, 0.05) is 38.4 Å². The molecule has 1 aromatic heterocycles. The Hall–Kier alpha value is -0.710. The summed E-state index contributed by atoms with van der Waals surface area (Å²) in [7, 11) is -0.648. The van der Waals surface area contributed by atoms with Crippen molar-refractivity contribution in [3.05, 3.63) is 35.2 Å². The molecule has 0 radical (unpaired) electrons. The van der Waals surface area contributed by atoms with E-state index in [1.807, 2.05) is 11.3 Å². The first kappa shape index (κ1) is 10.4. The summed E-state index contributed by atoms with van der Waals surface area (Å²) < 4.78 is 12.9. The van der Waals surface area contributed by atoms with Crippen LogP contribution in [0.25, 0.3) is 10.1 Å². The topological polar surface area (TPSA) is 29.1 Å². The van der Waals surface area contributed by atoms with Gasteiger partial charge in [-0.3, -0.25) is 4.21 Å². The van der Waals surface area contributed by atoms with Gasteiger partial charge in [0.2, 0.25) is 0 Å². The maximum atomic E-state index is 11.5. The first-order valence-corrected chi connectivity index (χ1v) is 7.70. The highest BCUT2D eigenvalue weighted by molar-refractivity contribution is 7.85. The van der Waals surface area contributed by atoms with Crippen molar-refractivity contribution in [3.8, 4) is 0 Å². The van der Waals surface area contributed by atoms with E-state index in [-0.39, 0.29) is 6.04 Å². The zero-order chi connectivity index (χ0) is 11.0. The van der Waals surface area contributed by atoms with E-state index < -0.39 is 10.8 Å². The number of nitrogens with one attached hydrogen (secondary N) is 1. The summed E-state index contributed by atoms with van der Waals surface area (Å²) >= 11 is 1.81. The lowest BCUT2D eigenvalue weighted by atomic mass is 10.2. The molecule has 0 aliphatic carbocycles. The molecule has 1 fully saturated rings. The van der Waals surface area contributed by atoms with Crippen LogP contribution in [0.15, 0.2) is 30.3 Å². The summed E-state index contributed by atoms with van der Waals surface area (Å²) in [5.74, 6) is 1.55. The Bertz CT molecular complexity index is 502. The fourth-order valence-corrected chi connectivity index (χ4v) is 4.46. The van der Waals surface area contributed by atoms with E-state index >= 15 is 0 Å². The van der Waals surface area contributed by atoms with Crippen molar-refractivity contribution >= 4 is 32.2 Å². The van der Waals surface area contributed by atoms with E-state index in [0.29, 0.717) is 0 Å². The largest absolute Gasteiger partial charge is 0.308 e. The van der Waals surface area contributed by atoms with Crippen LogP contribution >= 0.6 is 11.3 Å². The summed E-state index contributed by atoms with van der Waals surface area (Å²) in [5.41, 5.74) is 0. The third kappa shape index (κ3) is 1.93. The molecular weight excluding hydrogens is 238 g/mol. The molecule has 0 amide bonds. The molecule has 84 valence electrons. The molecule has 0 saturated carbocycles. The van der Waals surface area contributed by atoms with Crippen LogP contribution in [0.3, 0.4) is 0 Å². The Morgan fingerprint density at radius 3 is 3.06 bits per heavy atom. The van der Waals surface area contributed by atoms with Crippen molar-refractivity contribution in [2.45, 2.75) is 6.04 Å². The molecule has 2 aromatic rings. The van der Waals surface area contributed by atoms with E-state index in [2.05, 4.69) is 35.6 Å². The molecule has 1 N–H and O–H groups in total. The van der Waals surface area contributed by atoms with Crippen LogP contribution in [0, 0.1) is 0 Å². The smallest absolute Gasteiger partial charge is 0.0532 e. The molecule has 4 heteroatoms. The lowest BCUT2D eigenvalue weighted by Crippen LogP contribution is -2.35. The van der Waals surface area contributed by atoms with E-state index in [4.69, 9.17) is 0 Å². The van der Waals surface area contributed by atoms with Crippen molar-refractivity contribution in [1.82, 2.24) is 5.32 Å². The molecule has 1 aromatic carbocycles. The second-order valence-corrected chi connectivity index (χ2v) is 6.74. The van der Waals surface area contributed by atoms with Gasteiger partial charge in [0.05, 0.1) is 6.04 Å². The second kappa shape index (κ2) is 4.28. The van der Waals surface area contributed by atoms with Crippen LogP contribution in [-0.4, -0.2) is 22.3 Å². The molecule has 1 aliphatic rings. The zero-order valence-electron chi connectivity index (χ0n) is 8.81. The van der Waals surface area contributed by atoms with Crippen molar-refractivity contribution in [2.75, 3.05) is 18.1 Å². The minimum absolute atomic E-state index is 0.284. The molecule has 3 rings (SSSR count). The zero-order valence-corrected chi connectivity index (χ0v) is 10.4. The van der Waals surface area contributed by atoms with Gasteiger partial charge in [-0.2, -0.15) is 0 Å². The van der Waals surface area contributed by atoms with Crippen LogP contribution in [-0.2, 0) is 10.8 Å². The summed E-state index contributed by atoms with van der Waals surface area (Å²) in [6, 6.07) is 10.9. The Kier molecular flexibility index (Phi) is 2.79. The summed E-state index contributed by atoms with van der Waals surface area (Å²) in [4.78, 5) is 1.31. The number of hydrogen-bond acceptors (Lipinski definition) is 3. The number of rotatable bonds is 1. The third-order valence-corrected chi connectivity index (χ3v) is 5.46. The molecule has 2 atom stereocenters. The van der Waals surface area contributed by atoms with Crippen LogP contribution in [0.2, 0.25) is 0 Å².